The van der Waals surface area contributed by atoms with Crippen LogP contribution in [0.1, 0.15) is 46.5 Å². The Labute approximate surface area is 86.7 Å². The minimum absolute atomic E-state index is 0.0893. The highest BCUT2D eigenvalue weighted by Crippen LogP contribution is 2.16. The second-order valence-electron chi connectivity index (χ2n) is 4.67. The Hall–Kier alpha value is -0.570. The molecule has 14 heavy (non-hydrogen) atoms. The molecular formula is C11H23NO2. The molecule has 3 heteroatoms. The number of hydrogen-bond donors (Lipinski definition) is 2. The van der Waals surface area contributed by atoms with Gasteiger partial charge in [0, 0.05) is 6.04 Å². The quantitative estimate of drug-likeness (QED) is 0.664. The van der Waals surface area contributed by atoms with Crippen LogP contribution < -0.4 is 5.73 Å². The van der Waals surface area contributed by atoms with Gasteiger partial charge >= 0.3 is 5.97 Å². The first kappa shape index (κ1) is 13.4. The van der Waals surface area contributed by atoms with Crippen molar-refractivity contribution in [2.45, 2.75) is 52.5 Å². The molecule has 2 atom stereocenters. The van der Waals surface area contributed by atoms with Crippen LogP contribution >= 0.6 is 0 Å². The third-order valence-electron chi connectivity index (χ3n) is 2.38. The predicted molar refractivity (Wildman–Crippen MR) is 58.1 cm³/mol. The third-order valence-corrected chi connectivity index (χ3v) is 2.38. The van der Waals surface area contributed by atoms with Gasteiger partial charge in [-0.15, -0.1) is 0 Å². The van der Waals surface area contributed by atoms with Crippen LogP contribution in [0.5, 0.6) is 0 Å². The van der Waals surface area contributed by atoms with Gasteiger partial charge in [0.05, 0.1) is 6.42 Å². The summed E-state index contributed by atoms with van der Waals surface area (Å²) >= 11 is 0. The van der Waals surface area contributed by atoms with Crippen LogP contribution in [0, 0.1) is 11.8 Å². The van der Waals surface area contributed by atoms with E-state index in [4.69, 9.17) is 10.8 Å². The number of hydrogen-bond acceptors (Lipinski definition) is 2. The molecule has 0 bridgehead atoms. The van der Waals surface area contributed by atoms with E-state index < -0.39 is 5.97 Å². The molecule has 84 valence electrons. The molecule has 0 heterocycles. The largest absolute Gasteiger partial charge is 0.481 e. The van der Waals surface area contributed by atoms with Gasteiger partial charge in [0.15, 0.2) is 0 Å². The van der Waals surface area contributed by atoms with Crippen LogP contribution in [0.3, 0.4) is 0 Å². The van der Waals surface area contributed by atoms with Gasteiger partial charge in [0.1, 0.15) is 0 Å². The molecule has 0 aromatic heterocycles. The van der Waals surface area contributed by atoms with E-state index in [0.717, 1.165) is 12.8 Å². The molecule has 0 aromatic carbocycles. The Kier molecular flexibility index (Phi) is 6.54. The molecular weight excluding hydrogens is 178 g/mol. The van der Waals surface area contributed by atoms with Crippen LogP contribution in [0.2, 0.25) is 0 Å². The fourth-order valence-corrected chi connectivity index (χ4v) is 1.56. The zero-order valence-corrected chi connectivity index (χ0v) is 9.49. The van der Waals surface area contributed by atoms with Gasteiger partial charge in [-0.1, -0.05) is 33.6 Å². The number of aliphatic carboxylic acids is 1. The first-order valence-electron chi connectivity index (χ1n) is 5.39. The van der Waals surface area contributed by atoms with E-state index in [-0.39, 0.29) is 12.5 Å². The van der Waals surface area contributed by atoms with Crippen molar-refractivity contribution in [3.05, 3.63) is 0 Å². The summed E-state index contributed by atoms with van der Waals surface area (Å²) < 4.78 is 0. The minimum Gasteiger partial charge on any atom is -0.481 e. The summed E-state index contributed by atoms with van der Waals surface area (Å²) in [6.07, 6.45) is 3.25. The van der Waals surface area contributed by atoms with Gasteiger partial charge in [-0.3, -0.25) is 4.79 Å². The van der Waals surface area contributed by atoms with Crippen LogP contribution in [0.4, 0.5) is 0 Å². The Bertz CT molecular complexity index is 169. The Balaban J connectivity index is 3.59. The van der Waals surface area contributed by atoms with E-state index in [2.05, 4.69) is 20.8 Å². The zero-order chi connectivity index (χ0) is 11.1. The molecule has 0 aliphatic carbocycles. The molecule has 0 amide bonds. The second kappa shape index (κ2) is 6.82. The monoisotopic (exact) mass is 201 g/mol. The van der Waals surface area contributed by atoms with Crippen molar-refractivity contribution < 1.29 is 9.90 Å². The Morgan fingerprint density at radius 2 is 1.86 bits per heavy atom. The summed E-state index contributed by atoms with van der Waals surface area (Å²) in [5, 5.41) is 8.53. The molecule has 0 unspecified atom stereocenters. The molecule has 0 saturated heterocycles. The van der Waals surface area contributed by atoms with Crippen molar-refractivity contribution in [2.75, 3.05) is 0 Å². The van der Waals surface area contributed by atoms with E-state index in [1.165, 1.54) is 6.42 Å². The first-order chi connectivity index (χ1) is 6.41. The van der Waals surface area contributed by atoms with Crippen molar-refractivity contribution in [3.8, 4) is 0 Å². The lowest BCUT2D eigenvalue weighted by molar-refractivity contribution is -0.137. The number of carboxylic acid groups (broad SMARTS) is 1. The van der Waals surface area contributed by atoms with Crippen molar-refractivity contribution in [3.63, 3.8) is 0 Å². The molecule has 0 rings (SSSR count). The van der Waals surface area contributed by atoms with Crippen molar-refractivity contribution >= 4 is 5.97 Å². The summed E-state index contributed by atoms with van der Waals surface area (Å²) in [6, 6.07) is -0.185. The maximum Gasteiger partial charge on any atom is 0.304 e. The maximum atomic E-state index is 10.4. The standard InChI is InChI=1S/C11H23NO2/c1-8(2)4-5-9(3)6-10(12)7-11(13)14/h8-10H,4-7,12H2,1-3H3,(H,13,14)/t9-,10+/m1/s1. The highest BCUT2D eigenvalue weighted by molar-refractivity contribution is 5.67. The Morgan fingerprint density at radius 3 is 2.29 bits per heavy atom. The minimum atomic E-state index is -0.798. The predicted octanol–water partition coefficient (Wildman–Crippen LogP) is 2.25. The Morgan fingerprint density at radius 1 is 1.29 bits per heavy atom. The molecule has 3 nitrogen and oxygen atoms in total. The molecule has 0 fully saturated rings. The van der Waals surface area contributed by atoms with Crippen LogP contribution in [-0.4, -0.2) is 17.1 Å². The summed E-state index contributed by atoms with van der Waals surface area (Å²) in [7, 11) is 0. The number of carboxylic acids is 1. The number of carbonyl (C=O) groups is 1. The summed E-state index contributed by atoms with van der Waals surface area (Å²) in [4.78, 5) is 10.4. The van der Waals surface area contributed by atoms with E-state index in [0.29, 0.717) is 11.8 Å². The summed E-state index contributed by atoms with van der Waals surface area (Å²) in [5.41, 5.74) is 5.70. The normalized spacial score (nSPS) is 15.5. The molecule has 3 N–H and O–H groups in total. The van der Waals surface area contributed by atoms with Gasteiger partial charge in [0.2, 0.25) is 0 Å². The molecule has 0 spiro atoms. The lowest BCUT2D eigenvalue weighted by atomic mass is 9.93. The third kappa shape index (κ3) is 8.05. The lowest BCUT2D eigenvalue weighted by Crippen LogP contribution is -2.26. The molecule has 0 radical (unpaired) electrons. The van der Waals surface area contributed by atoms with E-state index in [9.17, 15) is 4.79 Å². The lowest BCUT2D eigenvalue weighted by Gasteiger charge is -2.16. The number of nitrogens with two attached hydrogens (primary N) is 1. The van der Waals surface area contributed by atoms with Gasteiger partial charge in [-0.25, -0.2) is 0 Å². The summed E-state index contributed by atoms with van der Waals surface area (Å²) in [6.45, 7) is 6.54. The van der Waals surface area contributed by atoms with Gasteiger partial charge in [-0.05, 0) is 18.3 Å². The fourth-order valence-electron chi connectivity index (χ4n) is 1.56. The molecule has 0 saturated carbocycles. The first-order valence-corrected chi connectivity index (χ1v) is 5.39. The summed E-state index contributed by atoms with van der Waals surface area (Å²) in [5.74, 6) is 0.452. The molecule has 0 aliphatic heterocycles. The van der Waals surface area contributed by atoms with Crippen LogP contribution in [-0.2, 0) is 4.79 Å². The van der Waals surface area contributed by atoms with Gasteiger partial charge in [-0.2, -0.15) is 0 Å². The van der Waals surface area contributed by atoms with Gasteiger partial charge < -0.3 is 10.8 Å². The van der Waals surface area contributed by atoms with Crippen molar-refractivity contribution in [2.24, 2.45) is 17.6 Å². The van der Waals surface area contributed by atoms with Gasteiger partial charge in [0.25, 0.3) is 0 Å². The fraction of sp³-hybridized carbons (Fsp3) is 0.909. The van der Waals surface area contributed by atoms with E-state index >= 15 is 0 Å². The SMILES string of the molecule is CC(C)CC[C@@H](C)C[C@H](N)CC(=O)O. The average Bonchev–Trinajstić information content (AvgIpc) is 1.98. The highest BCUT2D eigenvalue weighted by Gasteiger charge is 2.12. The van der Waals surface area contributed by atoms with Crippen LogP contribution in [0.15, 0.2) is 0 Å². The van der Waals surface area contributed by atoms with Crippen molar-refractivity contribution in [1.82, 2.24) is 0 Å². The highest BCUT2D eigenvalue weighted by atomic mass is 16.4. The molecule has 0 aliphatic rings. The smallest absolute Gasteiger partial charge is 0.304 e. The topological polar surface area (TPSA) is 63.3 Å². The van der Waals surface area contributed by atoms with E-state index in [1.54, 1.807) is 0 Å². The average molecular weight is 201 g/mol. The number of rotatable bonds is 7. The second-order valence-corrected chi connectivity index (χ2v) is 4.67. The maximum absolute atomic E-state index is 10.4. The zero-order valence-electron chi connectivity index (χ0n) is 9.49. The van der Waals surface area contributed by atoms with Crippen molar-refractivity contribution in [1.29, 1.82) is 0 Å². The molecule has 0 aromatic rings. The van der Waals surface area contributed by atoms with E-state index in [1.807, 2.05) is 0 Å². The van der Waals surface area contributed by atoms with Crippen LogP contribution in [0.25, 0.3) is 0 Å².